The zero-order valence-electron chi connectivity index (χ0n) is 45.8. The van der Waals surface area contributed by atoms with Crippen molar-refractivity contribution < 1.29 is 32.9 Å². The molecule has 69 heavy (non-hydrogen) atoms. The van der Waals surface area contributed by atoms with Crippen LogP contribution in [0.4, 0.5) is 0 Å². The van der Waals surface area contributed by atoms with E-state index in [4.69, 9.17) is 9.05 Å². The Labute approximate surface area is 427 Å². The van der Waals surface area contributed by atoms with Crippen LogP contribution >= 0.6 is 7.82 Å². The maximum Gasteiger partial charge on any atom is 0.268 e. The third kappa shape index (κ3) is 53.6. The van der Waals surface area contributed by atoms with Crippen molar-refractivity contribution in [2.24, 2.45) is 0 Å². The predicted octanol–water partition coefficient (Wildman–Crippen LogP) is 16.9. The highest BCUT2D eigenvalue weighted by Crippen LogP contribution is 2.38. The molecule has 0 aliphatic heterocycles. The summed E-state index contributed by atoms with van der Waals surface area (Å²) in [6.07, 6.45) is 70.0. The molecule has 0 aromatic heterocycles. The Bertz CT molecular complexity index is 1350. The quantitative estimate of drug-likeness (QED) is 0.0272. The van der Waals surface area contributed by atoms with E-state index in [2.05, 4.69) is 79.9 Å². The van der Waals surface area contributed by atoms with Crippen LogP contribution in [0, 0.1) is 0 Å². The summed E-state index contributed by atoms with van der Waals surface area (Å²) in [5.41, 5.74) is 0. The number of carbonyl (C=O) groups excluding carboxylic acids is 1. The third-order valence-corrected chi connectivity index (χ3v) is 13.6. The molecule has 2 N–H and O–H groups in total. The fraction of sp³-hybridized carbons (Fsp3) is 0.783. The number of hydrogen-bond donors (Lipinski definition) is 2. The number of quaternary nitrogens is 1. The van der Waals surface area contributed by atoms with Crippen molar-refractivity contribution in [3.63, 3.8) is 0 Å². The average molecular weight is 988 g/mol. The van der Waals surface area contributed by atoms with E-state index in [0.717, 1.165) is 77.0 Å². The molecule has 0 aliphatic carbocycles. The topological polar surface area (TPSA) is 108 Å². The SMILES string of the molecule is CC/C=C\C/C=C\C/C=C\C/C=C\CCCCCCC(=O)NC(COP(=O)([O-])OCC[N+](C)(C)C)C(O)/C=C/CC/C=C/CCCCCCCCCCCCCCCCCCCCCCCCCC. The summed E-state index contributed by atoms with van der Waals surface area (Å²) in [6.45, 7) is 4.51. The first-order valence-corrected chi connectivity index (χ1v) is 30.3. The van der Waals surface area contributed by atoms with E-state index in [1.54, 1.807) is 6.08 Å². The van der Waals surface area contributed by atoms with Gasteiger partial charge in [0.2, 0.25) is 5.91 Å². The van der Waals surface area contributed by atoms with Crippen LogP contribution in [0.3, 0.4) is 0 Å². The fourth-order valence-electron chi connectivity index (χ4n) is 8.16. The number of aliphatic hydroxyl groups excluding tert-OH is 1. The largest absolute Gasteiger partial charge is 0.756 e. The number of aliphatic hydroxyl groups is 1. The van der Waals surface area contributed by atoms with Crippen LogP contribution in [-0.4, -0.2) is 68.5 Å². The van der Waals surface area contributed by atoms with Gasteiger partial charge in [0.1, 0.15) is 13.2 Å². The summed E-state index contributed by atoms with van der Waals surface area (Å²) in [5, 5.41) is 13.8. The smallest absolute Gasteiger partial charge is 0.268 e. The van der Waals surface area contributed by atoms with Gasteiger partial charge in [0, 0.05) is 6.42 Å². The number of rotatable bonds is 52. The van der Waals surface area contributed by atoms with Crippen LogP contribution in [0.15, 0.2) is 72.9 Å². The molecule has 9 heteroatoms. The van der Waals surface area contributed by atoms with Gasteiger partial charge < -0.3 is 28.8 Å². The second-order valence-electron chi connectivity index (χ2n) is 20.6. The summed E-state index contributed by atoms with van der Waals surface area (Å²) in [4.78, 5) is 25.4. The lowest BCUT2D eigenvalue weighted by atomic mass is 10.0. The van der Waals surface area contributed by atoms with Crippen LogP contribution in [0.5, 0.6) is 0 Å². The van der Waals surface area contributed by atoms with Crippen molar-refractivity contribution in [3.05, 3.63) is 72.9 Å². The number of carbonyl (C=O) groups is 1. The lowest BCUT2D eigenvalue weighted by Crippen LogP contribution is -2.45. The van der Waals surface area contributed by atoms with Gasteiger partial charge in [-0.05, 0) is 70.6 Å². The van der Waals surface area contributed by atoms with Crippen LogP contribution in [0.1, 0.15) is 251 Å². The Morgan fingerprint density at radius 3 is 1.35 bits per heavy atom. The molecule has 0 aromatic rings. The predicted molar refractivity (Wildman–Crippen MR) is 297 cm³/mol. The maximum atomic E-state index is 12.9. The van der Waals surface area contributed by atoms with Gasteiger partial charge in [-0.25, -0.2) is 0 Å². The molecule has 0 bridgehead atoms. The van der Waals surface area contributed by atoms with Gasteiger partial charge in [-0.2, -0.15) is 0 Å². The van der Waals surface area contributed by atoms with E-state index in [-0.39, 0.29) is 12.5 Å². The molecule has 0 saturated heterocycles. The molecular weight excluding hydrogens is 876 g/mol. The minimum Gasteiger partial charge on any atom is -0.756 e. The number of hydrogen-bond acceptors (Lipinski definition) is 6. The molecule has 0 fully saturated rings. The number of nitrogens with zero attached hydrogens (tertiary/aromatic N) is 1. The van der Waals surface area contributed by atoms with Gasteiger partial charge in [-0.1, -0.05) is 247 Å². The Hall–Kier alpha value is -2.06. The molecule has 0 saturated carbocycles. The molecule has 1 amide bonds. The van der Waals surface area contributed by atoms with Gasteiger partial charge in [0.15, 0.2) is 0 Å². The molecule has 3 atom stereocenters. The number of amides is 1. The van der Waals surface area contributed by atoms with Gasteiger partial charge in [-0.3, -0.25) is 9.36 Å². The van der Waals surface area contributed by atoms with Crippen LogP contribution in [0.2, 0.25) is 0 Å². The molecule has 8 nitrogen and oxygen atoms in total. The fourth-order valence-corrected chi connectivity index (χ4v) is 8.88. The van der Waals surface area contributed by atoms with Gasteiger partial charge in [-0.15, -0.1) is 0 Å². The lowest BCUT2D eigenvalue weighted by molar-refractivity contribution is -0.870. The number of allylic oxidation sites excluding steroid dienone is 11. The number of phosphoric acid groups is 1. The van der Waals surface area contributed by atoms with Crippen molar-refractivity contribution in [3.8, 4) is 0 Å². The molecule has 0 heterocycles. The number of phosphoric ester groups is 1. The first-order valence-electron chi connectivity index (χ1n) is 28.8. The van der Waals surface area contributed by atoms with E-state index in [0.29, 0.717) is 17.4 Å². The minimum absolute atomic E-state index is 0.0147. The number of unbranched alkanes of at least 4 members (excludes halogenated alkanes) is 29. The molecule has 402 valence electrons. The second-order valence-corrected chi connectivity index (χ2v) is 22.0. The third-order valence-electron chi connectivity index (χ3n) is 12.7. The second kappa shape index (κ2) is 50.9. The zero-order valence-corrected chi connectivity index (χ0v) is 46.6. The van der Waals surface area contributed by atoms with E-state index >= 15 is 0 Å². The normalized spacial score (nSPS) is 14.5. The van der Waals surface area contributed by atoms with Gasteiger partial charge >= 0.3 is 0 Å². The first-order chi connectivity index (χ1) is 33.5. The van der Waals surface area contributed by atoms with E-state index in [1.165, 1.54) is 154 Å². The summed E-state index contributed by atoms with van der Waals surface area (Å²) in [7, 11) is 1.22. The molecule has 0 radical (unpaired) electrons. The van der Waals surface area contributed by atoms with E-state index < -0.39 is 26.6 Å². The Balaban J connectivity index is 4.22. The maximum absolute atomic E-state index is 12.9. The van der Waals surface area contributed by atoms with Crippen LogP contribution in [-0.2, 0) is 18.4 Å². The van der Waals surface area contributed by atoms with Gasteiger partial charge in [0.25, 0.3) is 7.82 Å². The van der Waals surface area contributed by atoms with Crippen LogP contribution < -0.4 is 10.2 Å². The highest BCUT2D eigenvalue weighted by molar-refractivity contribution is 7.45. The van der Waals surface area contributed by atoms with E-state index in [1.807, 2.05) is 27.2 Å². The molecule has 0 spiro atoms. The lowest BCUT2D eigenvalue weighted by Gasteiger charge is -2.29. The van der Waals surface area contributed by atoms with Gasteiger partial charge in [0.05, 0.1) is 39.9 Å². The average Bonchev–Trinajstić information content (AvgIpc) is 3.31. The zero-order chi connectivity index (χ0) is 50.6. The van der Waals surface area contributed by atoms with Crippen molar-refractivity contribution >= 4 is 13.7 Å². The summed E-state index contributed by atoms with van der Waals surface area (Å²) in [5.74, 6) is -0.231. The molecule has 0 aromatic carbocycles. The van der Waals surface area contributed by atoms with Crippen LogP contribution in [0.25, 0.3) is 0 Å². The van der Waals surface area contributed by atoms with Crippen molar-refractivity contribution in [1.82, 2.24) is 5.32 Å². The molecular formula is C60H111N2O6P. The molecule has 3 unspecified atom stereocenters. The first kappa shape index (κ1) is 66.9. The number of nitrogens with one attached hydrogen (secondary N) is 1. The highest BCUT2D eigenvalue weighted by atomic mass is 31.2. The highest BCUT2D eigenvalue weighted by Gasteiger charge is 2.23. The van der Waals surface area contributed by atoms with Crippen molar-refractivity contribution in [2.45, 2.75) is 264 Å². The summed E-state index contributed by atoms with van der Waals surface area (Å²) >= 11 is 0. The molecule has 0 rings (SSSR count). The molecule has 0 aliphatic rings. The summed E-state index contributed by atoms with van der Waals surface area (Å²) < 4.78 is 23.3. The Kier molecular flexibility index (Phi) is 49.3. The standard InChI is InChI=1S/C60H111N2O6P/c1-6-8-10-12-14-16-18-20-22-24-25-26-27-28-29-30-31-32-33-34-35-36-38-39-41-43-45-47-49-51-53-59(63)58(57-68-69(65,66)67-56-55-62(3,4)5)61-60(64)54-52-50-48-46-44-42-40-37-23-21-19-17-15-13-11-9-7-2/h9,11,15,17,21,23,40,42-43,45,51,53,58-59,63H,6-8,10,12-14,16,18-20,22,24-39,41,44,46-50,52,54-57H2,1-5H3,(H-,61,64,65,66)/b11-9-,17-15-,23-21-,42-40-,45-43+,53-51+. The van der Waals surface area contributed by atoms with Crippen molar-refractivity contribution in [1.29, 1.82) is 0 Å². The Morgan fingerprint density at radius 1 is 0.522 bits per heavy atom. The van der Waals surface area contributed by atoms with Crippen molar-refractivity contribution in [2.75, 3.05) is 40.9 Å². The number of likely N-dealkylation sites (N-methyl/N-ethyl adjacent to an activating group) is 1. The summed E-state index contributed by atoms with van der Waals surface area (Å²) in [6, 6.07) is -0.921. The minimum atomic E-state index is -4.62. The van der Waals surface area contributed by atoms with E-state index in [9.17, 15) is 19.4 Å². The Morgan fingerprint density at radius 2 is 0.899 bits per heavy atom. The monoisotopic (exact) mass is 987 g/mol.